The highest BCUT2D eigenvalue weighted by Gasteiger charge is 2.33. The van der Waals surface area contributed by atoms with E-state index in [0.29, 0.717) is 5.75 Å². The van der Waals surface area contributed by atoms with E-state index in [1.54, 1.807) is 19.3 Å². The lowest BCUT2D eigenvalue weighted by atomic mass is 10.0. The van der Waals surface area contributed by atoms with Crippen LogP contribution in [0.2, 0.25) is 0 Å². The summed E-state index contributed by atoms with van der Waals surface area (Å²) in [6.07, 6.45) is 4.83. The van der Waals surface area contributed by atoms with Crippen LogP contribution < -0.4 is 4.74 Å². The Balaban J connectivity index is 1.74. The summed E-state index contributed by atoms with van der Waals surface area (Å²) in [5, 5.41) is 0. The summed E-state index contributed by atoms with van der Waals surface area (Å²) in [5.41, 5.74) is 2.41. The van der Waals surface area contributed by atoms with Gasteiger partial charge in [0.25, 0.3) is 0 Å². The van der Waals surface area contributed by atoms with Crippen LogP contribution in [0.25, 0.3) is 11.1 Å². The second-order valence-electron chi connectivity index (χ2n) is 6.62. The quantitative estimate of drug-likeness (QED) is 0.676. The Kier molecular flexibility index (Phi) is 4.82. The number of rotatable bonds is 3. The number of hydrogen-bond acceptors (Lipinski definition) is 5. The Morgan fingerprint density at radius 1 is 1.11 bits per heavy atom. The lowest BCUT2D eigenvalue weighted by molar-refractivity contribution is 0.233. The van der Waals surface area contributed by atoms with Gasteiger partial charge >= 0.3 is 0 Å². The van der Waals surface area contributed by atoms with Crippen LogP contribution in [-0.2, 0) is 16.6 Å². The van der Waals surface area contributed by atoms with E-state index in [9.17, 15) is 12.8 Å². The van der Waals surface area contributed by atoms with Crippen molar-refractivity contribution >= 4 is 10.0 Å². The largest absolute Gasteiger partial charge is 0.492 e. The van der Waals surface area contributed by atoms with E-state index in [0.717, 1.165) is 22.8 Å². The molecule has 0 bridgehead atoms. The number of fused-ring (bicyclic) bond motifs is 1. The number of sulfonamides is 1. The van der Waals surface area contributed by atoms with E-state index in [1.807, 2.05) is 18.2 Å². The molecule has 1 aliphatic heterocycles. The van der Waals surface area contributed by atoms with Crippen LogP contribution in [0.5, 0.6) is 5.75 Å². The summed E-state index contributed by atoms with van der Waals surface area (Å²) in [5.74, 6) is 0.0379. The summed E-state index contributed by atoms with van der Waals surface area (Å²) in [7, 11) is -3.89. The standard InChI is InChI=1S/C20H18FN3O3S/c1-14-12-27-20-6-5-15(17-9-22-13-23-10-17)7-16(20)11-24(14)28(25,26)19-4-2-3-18(21)8-19/h2-10,13-14H,11-12H2,1H3/t14-/m0/s1. The Morgan fingerprint density at radius 3 is 2.64 bits per heavy atom. The normalized spacial score (nSPS) is 17.4. The fraction of sp³-hybridized carbons (Fsp3) is 0.200. The highest BCUT2D eigenvalue weighted by molar-refractivity contribution is 7.89. The molecular formula is C20H18FN3O3S. The maximum Gasteiger partial charge on any atom is 0.243 e. The molecule has 2 aromatic carbocycles. The molecule has 1 aliphatic rings. The summed E-state index contributed by atoms with van der Waals surface area (Å²) in [6, 6.07) is 10.2. The first-order valence-corrected chi connectivity index (χ1v) is 10.2. The Bertz CT molecular complexity index is 1110. The smallest absolute Gasteiger partial charge is 0.243 e. The molecule has 1 atom stereocenters. The zero-order valence-electron chi connectivity index (χ0n) is 15.1. The van der Waals surface area contributed by atoms with E-state index in [1.165, 1.54) is 28.8 Å². The summed E-state index contributed by atoms with van der Waals surface area (Å²) in [6.45, 7) is 2.10. The fourth-order valence-electron chi connectivity index (χ4n) is 3.17. The molecule has 0 spiro atoms. The number of benzene rings is 2. The van der Waals surface area contributed by atoms with Crippen LogP contribution in [0.1, 0.15) is 12.5 Å². The van der Waals surface area contributed by atoms with Crippen molar-refractivity contribution < 1.29 is 17.5 Å². The van der Waals surface area contributed by atoms with Gasteiger partial charge in [0.05, 0.1) is 10.9 Å². The monoisotopic (exact) mass is 399 g/mol. The van der Waals surface area contributed by atoms with Gasteiger partial charge in [-0.3, -0.25) is 0 Å². The van der Waals surface area contributed by atoms with Crippen LogP contribution >= 0.6 is 0 Å². The molecule has 6 nitrogen and oxygen atoms in total. The highest BCUT2D eigenvalue weighted by atomic mass is 32.2. The van der Waals surface area contributed by atoms with Crippen LogP contribution in [0.15, 0.2) is 66.1 Å². The van der Waals surface area contributed by atoms with Gasteiger partial charge in [-0.15, -0.1) is 0 Å². The molecule has 144 valence electrons. The van der Waals surface area contributed by atoms with E-state index >= 15 is 0 Å². The Morgan fingerprint density at radius 2 is 1.89 bits per heavy atom. The number of aromatic nitrogens is 2. The van der Waals surface area contributed by atoms with Gasteiger partial charge in [0.15, 0.2) is 0 Å². The number of halogens is 1. The molecule has 0 saturated carbocycles. The van der Waals surface area contributed by atoms with Crippen molar-refractivity contribution in [3.8, 4) is 16.9 Å². The minimum Gasteiger partial charge on any atom is -0.492 e. The molecule has 3 aromatic rings. The summed E-state index contributed by atoms with van der Waals surface area (Å²) < 4.78 is 47.1. The van der Waals surface area contributed by atoms with Gasteiger partial charge < -0.3 is 4.74 Å². The van der Waals surface area contributed by atoms with Crippen molar-refractivity contribution in [1.29, 1.82) is 0 Å². The lowest BCUT2D eigenvalue weighted by Gasteiger charge is -2.25. The van der Waals surface area contributed by atoms with E-state index in [4.69, 9.17) is 4.74 Å². The molecule has 0 unspecified atom stereocenters. The van der Waals surface area contributed by atoms with Crippen LogP contribution in [0.3, 0.4) is 0 Å². The second kappa shape index (κ2) is 7.29. The third kappa shape index (κ3) is 3.48. The fourth-order valence-corrected chi connectivity index (χ4v) is 4.80. The topological polar surface area (TPSA) is 72.4 Å². The second-order valence-corrected chi connectivity index (χ2v) is 8.51. The van der Waals surface area contributed by atoms with E-state index in [2.05, 4.69) is 9.97 Å². The average Bonchev–Trinajstić information content (AvgIpc) is 2.87. The maximum absolute atomic E-state index is 13.6. The predicted molar refractivity (Wildman–Crippen MR) is 102 cm³/mol. The minimum atomic E-state index is -3.89. The maximum atomic E-state index is 13.6. The van der Waals surface area contributed by atoms with Crippen molar-refractivity contribution in [2.24, 2.45) is 0 Å². The molecule has 2 heterocycles. The first-order chi connectivity index (χ1) is 13.4. The van der Waals surface area contributed by atoms with Crippen molar-refractivity contribution in [2.75, 3.05) is 6.61 Å². The Labute approximate surface area is 162 Å². The molecule has 8 heteroatoms. The van der Waals surface area contributed by atoms with Gasteiger partial charge in [-0.2, -0.15) is 4.31 Å². The minimum absolute atomic E-state index is 0.0737. The van der Waals surface area contributed by atoms with Gasteiger partial charge in [-0.1, -0.05) is 12.1 Å². The molecule has 28 heavy (non-hydrogen) atoms. The van der Waals surface area contributed by atoms with Crippen LogP contribution in [0, 0.1) is 5.82 Å². The average molecular weight is 399 g/mol. The highest BCUT2D eigenvalue weighted by Crippen LogP contribution is 2.32. The van der Waals surface area contributed by atoms with E-state index in [-0.39, 0.29) is 18.0 Å². The molecular weight excluding hydrogens is 381 g/mol. The van der Waals surface area contributed by atoms with Crippen molar-refractivity contribution in [3.05, 3.63) is 72.6 Å². The molecule has 0 aliphatic carbocycles. The van der Waals surface area contributed by atoms with Crippen molar-refractivity contribution in [1.82, 2.24) is 14.3 Å². The van der Waals surface area contributed by atoms with Crippen molar-refractivity contribution in [3.63, 3.8) is 0 Å². The van der Waals surface area contributed by atoms with Gasteiger partial charge in [0.2, 0.25) is 10.0 Å². The van der Waals surface area contributed by atoms with Crippen LogP contribution in [0.4, 0.5) is 4.39 Å². The number of nitrogens with zero attached hydrogens (tertiary/aromatic N) is 3. The molecule has 0 amide bonds. The van der Waals surface area contributed by atoms with Crippen molar-refractivity contribution in [2.45, 2.75) is 24.4 Å². The number of hydrogen-bond donors (Lipinski definition) is 0. The zero-order chi connectivity index (χ0) is 19.7. The van der Waals surface area contributed by atoms with Gasteiger partial charge in [0, 0.05) is 30.1 Å². The molecule has 0 N–H and O–H groups in total. The number of ether oxygens (including phenoxy) is 1. The molecule has 4 rings (SSSR count). The van der Waals surface area contributed by atoms with Gasteiger partial charge in [-0.05, 0) is 42.8 Å². The zero-order valence-corrected chi connectivity index (χ0v) is 15.9. The first kappa shape index (κ1) is 18.5. The third-order valence-electron chi connectivity index (χ3n) is 4.65. The van der Waals surface area contributed by atoms with Gasteiger partial charge in [-0.25, -0.2) is 22.8 Å². The van der Waals surface area contributed by atoms with Gasteiger partial charge in [0.1, 0.15) is 24.5 Å². The van der Waals surface area contributed by atoms with Crippen LogP contribution in [-0.4, -0.2) is 35.3 Å². The third-order valence-corrected chi connectivity index (χ3v) is 6.61. The molecule has 0 radical (unpaired) electrons. The Hall–Kier alpha value is -2.84. The summed E-state index contributed by atoms with van der Waals surface area (Å²) >= 11 is 0. The summed E-state index contributed by atoms with van der Waals surface area (Å²) in [4.78, 5) is 7.97. The molecule has 1 aromatic heterocycles. The molecule has 0 fully saturated rings. The van der Waals surface area contributed by atoms with E-state index < -0.39 is 21.9 Å². The SMILES string of the molecule is C[C@H]1COc2ccc(-c3cncnc3)cc2CN1S(=O)(=O)c1cccc(F)c1. The lowest BCUT2D eigenvalue weighted by Crippen LogP contribution is -2.39. The predicted octanol–water partition coefficient (Wildman–Crippen LogP) is 3.25. The first-order valence-electron chi connectivity index (χ1n) is 8.73. The molecule has 0 saturated heterocycles.